The molecule has 0 saturated carbocycles. The largest absolute Gasteiger partial charge is 0.465 e. The Labute approximate surface area is 179 Å². The van der Waals surface area contributed by atoms with Gasteiger partial charge in [-0.15, -0.1) is 0 Å². The molecule has 1 aliphatic rings. The number of benzene rings is 2. The summed E-state index contributed by atoms with van der Waals surface area (Å²) in [6.07, 6.45) is 1.40. The summed E-state index contributed by atoms with van der Waals surface area (Å²) in [5.41, 5.74) is 2.66. The minimum atomic E-state index is -0.501. The van der Waals surface area contributed by atoms with Gasteiger partial charge in [-0.1, -0.05) is 46.3 Å². The number of esters is 1. The second-order valence-corrected chi connectivity index (χ2v) is 7.84. The van der Waals surface area contributed by atoms with Crippen LogP contribution in [0.25, 0.3) is 0 Å². The second-order valence-electron chi connectivity index (χ2n) is 6.92. The van der Waals surface area contributed by atoms with Gasteiger partial charge in [0.15, 0.2) is 0 Å². The Morgan fingerprint density at radius 3 is 2.55 bits per heavy atom. The summed E-state index contributed by atoms with van der Waals surface area (Å²) in [7, 11) is 0. The summed E-state index contributed by atoms with van der Waals surface area (Å²) >= 11 is 3.38. The highest BCUT2D eigenvalue weighted by Gasteiger charge is 2.34. The van der Waals surface area contributed by atoms with Gasteiger partial charge in [0.25, 0.3) is 5.91 Å². The highest BCUT2D eigenvalue weighted by atomic mass is 79.9. The molecule has 2 aromatic rings. The number of aliphatic imine (C=N–C) groups is 1. The van der Waals surface area contributed by atoms with Gasteiger partial charge < -0.3 is 9.64 Å². The molecule has 5 nitrogen and oxygen atoms in total. The smallest absolute Gasteiger partial charge is 0.316 e. The topological polar surface area (TPSA) is 59.0 Å². The van der Waals surface area contributed by atoms with Crippen molar-refractivity contribution in [3.05, 3.63) is 70.2 Å². The Balaban J connectivity index is 1.70. The Bertz CT molecular complexity index is 865. The lowest BCUT2D eigenvalue weighted by Crippen LogP contribution is -2.47. The number of halogens is 1. The number of carbonyl (C=O) groups excluding carboxylic acids is 2. The van der Waals surface area contributed by atoms with Gasteiger partial charge in [-0.25, -0.2) is 0 Å². The van der Waals surface area contributed by atoms with E-state index in [0.717, 1.165) is 16.6 Å². The van der Waals surface area contributed by atoms with Crippen molar-refractivity contribution in [3.8, 4) is 0 Å². The molecule has 0 bridgehead atoms. The van der Waals surface area contributed by atoms with E-state index in [1.165, 1.54) is 5.56 Å². The number of hydrogen-bond donors (Lipinski definition) is 0. The van der Waals surface area contributed by atoms with E-state index >= 15 is 0 Å². The molecular formula is C23H25BrN2O3. The minimum Gasteiger partial charge on any atom is -0.465 e. The first-order chi connectivity index (χ1) is 14.1. The maximum atomic E-state index is 12.9. The molecule has 1 amide bonds. The third-order valence-electron chi connectivity index (χ3n) is 4.95. The Morgan fingerprint density at radius 2 is 1.86 bits per heavy atom. The molecule has 1 heterocycles. The van der Waals surface area contributed by atoms with E-state index in [0.29, 0.717) is 38.2 Å². The zero-order chi connectivity index (χ0) is 20.6. The molecule has 0 N–H and O–H groups in total. The van der Waals surface area contributed by atoms with Gasteiger partial charge in [0.05, 0.1) is 6.61 Å². The van der Waals surface area contributed by atoms with Crippen LogP contribution in [0.15, 0.2) is 64.1 Å². The van der Waals surface area contributed by atoms with Crippen LogP contribution in [0.2, 0.25) is 0 Å². The fourth-order valence-electron chi connectivity index (χ4n) is 3.42. The van der Waals surface area contributed by atoms with E-state index in [1.807, 2.05) is 30.3 Å². The third-order valence-corrected chi connectivity index (χ3v) is 5.48. The van der Waals surface area contributed by atoms with Crippen LogP contribution < -0.4 is 0 Å². The average molecular weight is 457 g/mol. The summed E-state index contributed by atoms with van der Waals surface area (Å²) in [6, 6.07) is 17.4. The number of amides is 1. The lowest BCUT2D eigenvalue weighted by Gasteiger charge is -2.33. The van der Waals surface area contributed by atoms with E-state index in [4.69, 9.17) is 9.73 Å². The molecule has 0 spiro atoms. The molecule has 0 aromatic heterocycles. The quantitative estimate of drug-likeness (QED) is 0.613. The molecule has 2 aromatic carbocycles. The number of nitrogens with zero attached hydrogens (tertiary/aromatic N) is 2. The van der Waals surface area contributed by atoms with E-state index < -0.39 is 5.92 Å². The first kappa shape index (κ1) is 21.2. The molecule has 152 valence electrons. The van der Waals surface area contributed by atoms with Gasteiger partial charge in [-0.3, -0.25) is 14.6 Å². The monoisotopic (exact) mass is 456 g/mol. The van der Waals surface area contributed by atoms with Crippen molar-refractivity contribution in [1.29, 1.82) is 0 Å². The summed E-state index contributed by atoms with van der Waals surface area (Å²) < 4.78 is 6.18. The Kier molecular flexibility index (Phi) is 7.58. The van der Waals surface area contributed by atoms with Crippen molar-refractivity contribution in [2.24, 2.45) is 10.9 Å². The van der Waals surface area contributed by atoms with E-state index in [-0.39, 0.29) is 11.9 Å². The Hall–Kier alpha value is -2.47. The van der Waals surface area contributed by atoms with Crippen LogP contribution in [-0.4, -0.2) is 48.7 Å². The van der Waals surface area contributed by atoms with Crippen LogP contribution in [0.4, 0.5) is 0 Å². The molecule has 0 radical (unpaired) electrons. The normalized spacial score (nSPS) is 17.9. The van der Waals surface area contributed by atoms with Gasteiger partial charge in [-0.05, 0) is 43.2 Å². The van der Waals surface area contributed by atoms with Crippen molar-refractivity contribution < 1.29 is 14.3 Å². The number of carbonyl (C=O) groups is 2. The fourth-order valence-corrected chi connectivity index (χ4v) is 3.68. The molecule has 1 fully saturated rings. The fraction of sp³-hybridized carbons (Fsp3) is 0.348. The lowest BCUT2D eigenvalue weighted by atomic mass is 9.94. The maximum absolute atomic E-state index is 12.9. The zero-order valence-corrected chi connectivity index (χ0v) is 18.1. The van der Waals surface area contributed by atoms with Gasteiger partial charge in [0, 0.05) is 41.8 Å². The number of rotatable bonds is 6. The van der Waals surface area contributed by atoms with E-state index in [9.17, 15) is 9.59 Å². The molecule has 1 aliphatic heterocycles. The van der Waals surface area contributed by atoms with E-state index in [2.05, 4.69) is 28.1 Å². The number of ether oxygens (including phenoxy) is 1. The molecule has 1 unspecified atom stereocenters. The SMILES string of the molecule is CCOC(=O)C1CN(C(=O)c2ccc(Br)cc2)CCC1=NCCc1ccccc1. The predicted molar refractivity (Wildman–Crippen MR) is 117 cm³/mol. The van der Waals surface area contributed by atoms with Crippen LogP contribution in [0.5, 0.6) is 0 Å². The van der Waals surface area contributed by atoms with Crippen LogP contribution in [0.1, 0.15) is 29.3 Å². The third kappa shape index (κ3) is 5.76. The molecule has 0 aliphatic carbocycles. The summed E-state index contributed by atoms with van der Waals surface area (Å²) in [4.78, 5) is 31.8. The summed E-state index contributed by atoms with van der Waals surface area (Å²) in [5.74, 6) is -0.881. The lowest BCUT2D eigenvalue weighted by molar-refractivity contribution is -0.146. The van der Waals surface area contributed by atoms with Gasteiger partial charge >= 0.3 is 5.97 Å². The predicted octanol–water partition coefficient (Wildman–Crippen LogP) is 4.16. The van der Waals surface area contributed by atoms with Crippen LogP contribution in [-0.2, 0) is 16.0 Å². The van der Waals surface area contributed by atoms with Gasteiger partial charge in [0.1, 0.15) is 5.92 Å². The number of likely N-dealkylation sites (tertiary alicyclic amines) is 1. The standard InChI is InChI=1S/C23H25BrN2O3/c1-2-29-23(28)20-16-26(22(27)18-8-10-19(24)11-9-18)15-13-21(20)25-14-12-17-6-4-3-5-7-17/h3-11,20H,2,12-16H2,1H3. The van der Waals surface area contributed by atoms with Crippen LogP contribution in [0.3, 0.4) is 0 Å². The average Bonchev–Trinajstić information content (AvgIpc) is 2.75. The second kappa shape index (κ2) is 10.3. The summed E-state index contributed by atoms with van der Waals surface area (Å²) in [6.45, 7) is 3.58. The van der Waals surface area contributed by atoms with Crippen molar-refractivity contribution in [1.82, 2.24) is 4.90 Å². The Morgan fingerprint density at radius 1 is 1.14 bits per heavy atom. The number of piperidine rings is 1. The maximum Gasteiger partial charge on any atom is 0.316 e. The molecule has 6 heteroatoms. The van der Waals surface area contributed by atoms with Crippen LogP contribution in [0, 0.1) is 5.92 Å². The first-order valence-corrected chi connectivity index (χ1v) is 10.7. The summed E-state index contributed by atoms with van der Waals surface area (Å²) in [5, 5.41) is 0. The van der Waals surface area contributed by atoms with Crippen molar-refractivity contribution >= 4 is 33.5 Å². The van der Waals surface area contributed by atoms with E-state index in [1.54, 1.807) is 24.0 Å². The highest BCUT2D eigenvalue weighted by molar-refractivity contribution is 9.10. The van der Waals surface area contributed by atoms with Crippen LogP contribution >= 0.6 is 15.9 Å². The molecule has 1 saturated heterocycles. The molecular weight excluding hydrogens is 432 g/mol. The number of hydrogen-bond acceptors (Lipinski definition) is 4. The van der Waals surface area contributed by atoms with Gasteiger partial charge in [0.2, 0.25) is 0 Å². The van der Waals surface area contributed by atoms with Crippen molar-refractivity contribution in [3.63, 3.8) is 0 Å². The zero-order valence-electron chi connectivity index (χ0n) is 16.5. The first-order valence-electron chi connectivity index (χ1n) is 9.87. The van der Waals surface area contributed by atoms with Crippen molar-refractivity contribution in [2.75, 3.05) is 26.2 Å². The highest BCUT2D eigenvalue weighted by Crippen LogP contribution is 2.20. The minimum absolute atomic E-state index is 0.0739. The van der Waals surface area contributed by atoms with Gasteiger partial charge in [-0.2, -0.15) is 0 Å². The molecule has 29 heavy (non-hydrogen) atoms. The van der Waals surface area contributed by atoms with Crippen molar-refractivity contribution in [2.45, 2.75) is 19.8 Å². The molecule has 3 rings (SSSR count). The molecule has 1 atom stereocenters.